The van der Waals surface area contributed by atoms with Gasteiger partial charge in [-0.05, 0) is 26.7 Å². The van der Waals surface area contributed by atoms with E-state index in [4.69, 9.17) is 10.7 Å². The first-order chi connectivity index (χ1) is 7.54. The monoisotopic (exact) mass is 238 g/mol. The third-order valence-electron chi connectivity index (χ3n) is 3.20. The fraction of sp³-hybridized carbons (Fsp3) is 0.769. The molecule has 0 spiro atoms. The van der Waals surface area contributed by atoms with Crippen molar-refractivity contribution < 1.29 is 0 Å². The van der Waals surface area contributed by atoms with E-state index in [1.807, 2.05) is 0 Å². The molecule has 3 heteroatoms. The van der Waals surface area contributed by atoms with Crippen LogP contribution < -0.4 is 5.73 Å². The zero-order valence-electron chi connectivity index (χ0n) is 10.3. The Labute approximate surface area is 102 Å². The van der Waals surface area contributed by atoms with Crippen molar-refractivity contribution in [2.24, 2.45) is 5.73 Å². The maximum absolute atomic E-state index is 6.02. The van der Waals surface area contributed by atoms with Crippen LogP contribution in [-0.2, 0) is 6.42 Å². The predicted octanol–water partition coefficient (Wildman–Crippen LogP) is 3.47. The van der Waals surface area contributed by atoms with Crippen molar-refractivity contribution in [3.05, 3.63) is 16.1 Å². The summed E-state index contributed by atoms with van der Waals surface area (Å²) in [5.74, 6) is 0.722. The molecule has 0 unspecified atom stereocenters. The molecule has 1 fully saturated rings. The molecule has 2 N–H and O–H groups in total. The highest BCUT2D eigenvalue weighted by Gasteiger charge is 2.20. The lowest BCUT2D eigenvalue weighted by Crippen LogP contribution is -2.34. The molecule has 2 nitrogen and oxygen atoms in total. The topological polar surface area (TPSA) is 38.9 Å². The molecule has 16 heavy (non-hydrogen) atoms. The van der Waals surface area contributed by atoms with Crippen LogP contribution in [0.25, 0.3) is 0 Å². The average Bonchev–Trinajstić information content (AvgIpc) is 2.65. The van der Waals surface area contributed by atoms with Gasteiger partial charge in [0.15, 0.2) is 0 Å². The highest BCUT2D eigenvalue weighted by molar-refractivity contribution is 7.09. The Morgan fingerprint density at radius 3 is 2.69 bits per heavy atom. The van der Waals surface area contributed by atoms with Gasteiger partial charge in [-0.25, -0.2) is 4.98 Å². The largest absolute Gasteiger partial charge is 0.325 e. The summed E-state index contributed by atoms with van der Waals surface area (Å²) in [5.41, 5.74) is 7.21. The molecule has 1 aromatic rings. The molecule has 1 aromatic heterocycles. The third-order valence-corrected chi connectivity index (χ3v) is 4.07. The van der Waals surface area contributed by atoms with E-state index in [0.29, 0.717) is 0 Å². The fourth-order valence-electron chi connectivity index (χ4n) is 2.38. The molecule has 0 bridgehead atoms. The molecule has 90 valence electrons. The number of aromatic nitrogens is 1. The first kappa shape index (κ1) is 12.1. The number of nitrogens with zero attached hydrogens (tertiary/aromatic N) is 1. The van der Waals surface area contributed by atoms with Gasteiger partial charge in [0.1, 0.15) is 0 Å². The first-order valence-corrected chi connectivity index (χ1v) is 7.16. The Bertz CT molecular complexity index is 332. The zero-order chi connectivity index (χ0) is 11.6. The molecule has 0 aliphatic heterocycles. The maximum atomic E-state index is 6.02. The van der Waals surface area contributed by atoms with E-state index in [9.17, 15) is 0 Å². The Hall–Kier alpha value is -0.410. The molecule has 0 atom stereocenters. The van der Waals surface area contributed by atoms with Gasteiger partial charge >= 0.3 is 0 Å². The van der Waals surface area contributed by atoms with Crippen molar-refractivity contribution in [3.8, 4) is 0 Å². The van der Waals surface area contributed by atoms with Gasteiger partial charge in [0, 0.05) is 23.3 Å². The van der Waals surface area contributed by atoms with Gasteiger partial charge < -0.3 is 5.73 Å². The number of hydrogen-bond donors (Lipinski definition) is 1. The van der Waals surface area contributed by atoms with Gasteiger partial charge in [-0.15, -0.1) is 11.3 Å². The normalized spacial score (nSPS) is 18.9. The van der Waals surface area contributed by atoms with Crippen molar-refractivity contribution in [3.63, 3.8) is 0 Å². The van der Waals surface area contributed by atoms with E-state index in [1.54, 1.807) is 11.3 Å². The van der Waals surface area contributed by atoms with Crippen LogP contribution in [0, 0.1) is 0 Å². The molecule has 2 rings (SSSR count). The van der Waals surface area contributed by atoms with Crippen molar-refractivity contribution in [2.45, 2.75) is 63.8 Å². The number of thiazole rings is 1. The lowest BCUT2D eigenvalue weighted by molar-refractivity contribution is 0.436. The van der Waals surface area contributed by atoms with E-state index in [0.717, 1.165) is 12.3 Å². The summed E-state index contributed by atoms with van der Waals surface area (Å²) in [5, 5.41) is 3.45. The van der Waals surface area contributed by atoms with Crippen LogP contribution in [0.3, 0.4) is 0 Å². The molecule has 1 aliphatic carbocycles. The SMILES string of the molecule is CC(C)(N)Cc1nc(C2CCCCC2)cs1. The standard InChI is InChI=1S/C13H22N2S/c1-13(2,14)8-12-15-11(9-16-12)10-6-4-3-5-7-10/h9-10H,3-8,14H2,1-2H3. The summed E-state index contributed by atoms with van der Waals surface area (Å²) in [7, 11) is 0. The van der Waals surface area contributed by atoms with Crippen LogP contribution in [0.5, 0.6) is 0 Å². The Balaban J connectivity index is 2.01. The first-order valence-electron chi connectivity index (χ1n) is 6.28. The smallest absolute Gasteiger partial charge is 0.0946 e. The number of hydrogen-bond acceptors (Lipinski definition) is 3. The van der Waals surface area contributed by atoms with Gasteiger partial charge in [0.25, 0.3) is 0 Å². The van der Waals surface area contributed by atoms with Crippen molar-refractivity contribution in [2.75, 3.05) is 0 Å². The quantitative estimate of drug-likeness (QED) is 0.875. The summed E-state index contributed by atoms with van der Waals surface area (Å²) in [6.07, 6.45) is 7.71. The van der Waals surface area contributed by atoms with Crippen LogP contribution in [0.2, 0.25) is 0 Å². The molecule has 1 saturated carbocycles. The van der Waals surface area contributed by atoms with Crippen molar-refractivity contribution in [1.82, 2.24) is 4.98 Å². The van der Waals surface area contributed by atoms with E-state index in [2.05, 4.69) is 19.2 Å². The van der Waals surface area contributed by atoms with Crippen LogP contribution in [0.15, 0.2) is 5.38 Å². The van der Waals surface area contributed by atoms with Gasteiger partial charge in [0.2, 0.25) is 0 Å². The van der Waals surface area contributed by atoms with Gasteiger partial charge in [-0.2, -0.15) is 0 Å². The van der Waals surface area contributed by atoms with Crippen LogP contribution >= 0.6 is 11.3 Å². The lowest BCUT2D eigenvalue weighted by atomic mass is 9.87. The molecule has 0 amide bonds. The van der Waals surface area contributed by atoms with E-state index >= 15 is 0 Å². The summed E-state index contributed by atoms with van der Waals surface area (Å²) in [4.78, 5) is 4.76. The van der Waals surface area contributed by atoms with Gasteiger partial charge in [0.05, 0.1) is 10.7 Å². The summed E-state index contributed by atoms with van der Waals surface area (Å²) in [6, 6.07) is 0. The Kier molecular flexibility index (Phi) is 3.65. The minimum Gasteiger partial charge on any atom is -0.325 e. The van der Waals surface area contributed by atoms with E-state index in [-0.39, 0.29) is 5.54 Å². The molecule has 0 radical (unpaired) electrons. The van der Waals surface area contributed by atoms with Crippen molar-refractivity contribution in [1.29, 1.82) is 0 Å². The minimum absolute atomic E-state index is 0.137. The number of nitrogens with two attached hydrogens (primary N) is 1. The second kappa shape index (κ2) is 4.84. The Morgan fingerprint density at radius 2 is 2.06 bits per heavy atom. The van der Waals surface area contributed by atoms with Crippen LogP contribution in [0.1, 0.15) is 62.6 Å². The summed E-state index contributed by atoms with van der Waals surface area (Å²) >= 11 is 1.78. The van der Waals surface area contributed by atoms with E-state index in [1.165, 1.54) is 42.8 Å². The maximum Gasteiger partial charge on any atom is 0.0946 e. The van der Waals surface area contributed by atoms with Gasteiger partial charge in [-0.3, -0.25) is 0 Å². The molecule has 1 aliphatic rings. The summed E-state index contributed by atoms with van der Waals surface area (Å²) in [6.45, 7) is 4.13. The minimum atomic E-state index is -0.137. The molecular weight excluding hydrogens is 216 g/mol. The molecule has 1 heterocycles. The van der Waals surface area contributed by atoms with Crippen LogP contribution in [0.4, 0.5) is 0 Å². The van der Waals surface area contributed by atoms with E-state index < -0.39 is 0 Å². The molecular formula is C13H22N2S. The highest BCUT2D eigenvalue weighted by Crippen LogP contribution is 2.33. The number of rotatable bonds is 3. The third kappa shape index (κ3) is 3.29. The predicted molar refractivity (Wildman–Crippen MR) is 69.9 cm³/mol. The lowest BCUT2D eigenvalue weighted by Gasteiger charge is -2.19. The highest BCUT2D eigenvalue weighted by atomic mass is 32.1. The van der Waals surface area contributed by atoms with Crippen LogP contribution in [-0.4, -0.2) is 10.5 Å². The van der Waals surface area contributed by atoms with Crippen molar-refractivity contribution >= 4 is 11.3 Å². The second-order valence-electron chi connectivity index (χ2n) is 5.67. The average molecular weight is 238 g/mol. The zero-order valence-corrected chi connectivity index (χ0v) is 11.1. The van der Waals surface area contributed by atoms with Gasteiger partial charge in [-0.1, -0.05) is 19.3 Å². The molecule has 0 saturated heterocycles. The molecule has 0 aromatic carbocycles. The summed E-state index contributed by atoms with van der Waals surface area (Å²) < 4.78 is 0. The fourth-order valence-corrected chi connectivity index (χ4v) is 3.50. The second-order valence-corrected chi connectivity index (χ2v) is 6.61. The Morgan fingerprint density at radius 1 is 1.38 bits per heavy atom.